The van der Waals surface area contributed by atoms with Gasteiger partial charge in [0.05, 0.1) is 11.6 Å². The Morgan fingerprint density at radius 1 is 1.03 bits per heavy atom. The van der Waals surface area contributed by atoms with Gasteiger partial charge in [0.2, 0.25) is 0 Å². The predicted octanol–water partition coefficient (Wildman–Crippen LogP) is 6.03. The molecule has 1 amide bonds. The van der Waals surface area contributed by atoms with Crippen molar-refractivity contribution in [2.24, 2.45) is 0 Å². The van der Waals surface area contributed by atoms with Crippen molar-refractivity contribution in [1.29, 1.82) is 0 Å². The lowest BCUT2D eigenvalue weighted by Crippen LogP contribution is -2.41. The minimum atomic E-state index is -5.83. The number of nitrogens with zero attached hydrogens (tertiary/aromatic N) is 3. The molecule has 3 rings (SSSR count). The van der Waals surface area contributed by atoms with Crippen LogP contribution in [0.1, 0.15) is 13.8 Å². The molecular weight excluding hydrogens is 487 g/mol. The predicted molar refractivity (Wildman–Crippen MR) is 113 cm³/mol. The number of alkyl halides is 6. The molecule has 3 aromatic rings. The maximum Gasteiger partial charge on any atom is 0.499 e. The van der Waals surface area contributed by atoms with E-state index in [9.17, 15) is 26.7 Å². The van der Waals surface area contributed by atoms with Gasteiger partial charge in [0.1, 0.15) is 17.7 Å². The summed E-state index contributed by atoms with van der Waals surface area (Å²) >= 11 is 5.73. The Morgan fingerprint density at radius 2 is 1.65 bits per heavy atom. The highest BCUT2D eigenvalue weighted by Crippen LogP contribution is 2.37. The van der Waals surface area contributed by atoms with E-state index in [1.165, 1.54) is 23.1 Å². The number of hydrogen-bond acceptors (Lipinski definition) is 5. The summed E-state index contributed by atoms with van der Waals surface area (Å²) in [5.41, 5.74) is 0.587. The van der Waals surface area contributed by atoms with Gasteiger partial charge in [-0.1, -0.05) is 0 Å². The molecule has 0 saturated heterocycles. The van der Waals surface area contributed by atoms with Crippen LogP contribution in [0.25, 0.3) is 17.1 Å². The lowest BCUT2D eigenvalue weighted by Gasteiger charge is -2.22. The van der Waals surface area contributed by atoms with E-state index in [1.54, 1.807) is 38.1 Å². The van der Waals surface area contributed by atoms with Gasteiger partial charge in [-0.25, -0.2) is 14.5 Å². The minimum absolute atomic E-state index is 0.128. The molecule has 0 aliphatic rings. The first-order valence-corrected chi connectivity index (χ1v) is 10.2. The Hall–Kier alpha value is -3.41. The van der Waals surface area contributed by atoms with E-state index in [0.717, 1.165) is 12.1 Å². The number of benzene rings is 2. The van der Waals surface area contributed by atoms with Crippen molar-refractivity contribution in [3.05, 3.63) is 54.9 Å². The van der Waals surface area contributed by atoms with Crippen LogP contribution in [0.3, 0.4) is 0 Å². The molecule has 7 nitrogen and oxygen atoms in total. The molecule has 0 saturated carbocycles. The zero-order valence-corrected chi connectivity index (χ0v) is 18.5. The van der Waals surface area contributed by atoms with Crippen LogP contribution in [0.15, 0.2) is 54.9 Å². The van der Waals surface area contributed by atoms with Gasteiger partial charge in [-0.2, -0.15) is 22.0 Å². The average Bonchev–Trinajstić information content (AvgIpc) is 3.23. The normalized spacial score (nSPS) is 12.4. The first-order valence-electron chi connectivity index (χ1n) is 9.62. The number of carbonyl (C=O) groups is 1. The molecule has 1 N–H and O–H groups in total. The third-order valence-corrected chi connectivity index (χ3v) is 4.89. The third-order valence-electron chi connectivity index (χ3n) is 4.25. The smallest absolute Gasteiger partial charge is 0.442 e. The van der Waals surface area contributed by atoms with E-state index in [4.69, 9.17) is 16.3 Å². The van der Waals surface area contributed by atoms with E-state index in [-0.39, 0.29) is 5.88 Å². The minimum Gasteiger partial charge on any atom is -0.442 e. The maximum absolute atomic E-state index is 13.0. The monoisotopic (exact) mass is 504 g/mol. The van der Waals surface area contributed by atoms with Crippen molar-refractivity contribution in [3.8, 4) is 22.8 Å². The highest BCUT2D eigenvalue weighted by atomic mass is 35.5. The maximum atomic E-state index is 13.0. The van der Waals surface area contributed by atoms with Crippen LogP contribution in [0, 0.1) is 0 Å². The Balaban J connectivity index is 1.67. The van der Waals surface area contributed by atoms with Gasteiger partial charge < -0.3 is 9.47 Å². The Bertz CT molecular complexity index is 1130. The number of anilines is 1. The SMILES string of the molecule is CC(C)(CCl)OC(=O)Nc1ccc(-c2ncn(-c3ccc(OC(F)(F)C(F)(F)F)cc3)n2)cc1. The quantitative estimate of drug-likeness (QED) is 0.314. The fourth-order valence-corrected chi connectivity index (χ4v) is 2.57. The Kier molecular flexibility index (Phi) is 7.01. The summed E-state index contributed by atoms with van der Waals surface area (Å²) < 4.78 is 73.1. The first-order chi connectivity index (χ1) is 15.8. The van der Waals surface area contributed by atoms with E-state index < -0.39 is 29.7 Å². The van der Waals surface area contributed by atoms with Crippen molar-refractivity contribution < 1.29 is 36.2 Å². The lowest BCUT2D eigenvalue weighted by atomic mass is 10.2. The van der Waals surface area contributed by atoms with E-state index >= 15 is 0 Å². The molecule has 34 heavy (non-hydrogen) atoms. The fraction of sp³-hybridized carbons (Fsp3) is 0.286. The molecule has 0 radical (unpaired) electrons. The Morgan fingerprint density at radius 3 is 2.21 bits per heavy atom. The van der Waals surface area contributed by atoms with Gasteiger partial charge in [-0.05, 0) is 62.4 Å². The van der Waals surface area contributed by atoms with Gasteiger partial charge in [-0.3, -0.25) is 5.32 Å². The molecule has 0 aliphatic carbocycles. The zero-order valence-electron chi connectivity index (χ0n) is 17.7. The van der Waals surface area contributed by atoms with Crippen molar-refractivity contribution in [2.45, 2.75) is 31.7 Å². The number of aromatic nitrogens is 3. The van der Waals surface area contributed by atoms with Crippen LogP contribution < -0.4 is 10.1 Å². The molecule has 1 aromatic heterocycles. The summed E-state index contributed by atoms with van der Waals surface area (Å²) in [6.07, 6.45) is -10.5. The second-order valence-electron chi connectivity index (χ2n) is 7.61. The number of nitrogens with one attached hydrogen (secondary N) is 1. The van der Waals surface area contributed by atoms with Gasteiger partial charge >= 0.3 is 18.4 Å². The van der Waals surface area contributed by atoms with E-state index in [1.807, 2.05) is 0 Å². The van der Waals surface area contributed by atoms with E-state index in [2.05, 4.69) is 20.1 Å². The van der Waals surface area contributed by atoms with Crippen LogP contribution in [0.4, 0.5) is 32.4 Å². The number of hydrogen-bond donors (Lipinski definition) is 1. The first kappa shape index (κ1) is 25.2. The van der Waals surface area contributed by atoms with Crippen molar-refractivity contribution in [2.75, 3.05) is 11.2 Å². The molecule has 0 bridgehead atoms. The molecule has 0 spiro atoms. The van der Waals surface area contributed by atoms with Gasteiger partial charge in [-0.15, -0.1) is 16.7 Å². The second kappa shape index (κ2) is 9.45. The molecule has 13 heteroatoms. The molecule has 2 aromatic carbocycles. The largest absolute Gasteiger partial charge is 0.499 e. The summed E-state index contributed by atoms with van der Waals surface area (Å²) in [5, 5.41) is 6.83. The van der Waals surface area contributed by atoms with Crippen molar-refractivity contribution in [3.63, 3.8) is 0 Å². The molecule has 0 atom stereocenters. The standard InChI is InChI=1S/C21H18ClF5N4O3/c1-19(2,11-22)34-18(32)29-14-5-3-13(4-6-14)17-28-12-31(30-17)15-7-9-16(10-8-15)33-21(26,27)20(23,24)25/h3-10,12H,11H2,1-2H3,(H,29,32). The molecule has 0 aliphatic heterocycles. The number of rotatable bonds is 7. The molecule has 0 unspecified atom stereocenters. The van der Waals surface area contributed by atoms with Crippen LogP contribution in [0.2, 0.25) is 0 Å². The second-order valence-corrected chi connectivity index (χ2v) is 7.88. The number of amides is 1. The summed E-state index contributed by atoms with van der Waals surface area (Å²) in [5.74, 6) is -0.229. The van der Waals surface area contributed by atoms with Crippen LogP contribution in [-0.4, -0.2) is 44.6 Å². The summed E-state index contributed by atoms with van der Waals surface area (Å²) in [6.45, 7) is 3.34. The van der Waals surface area contributed by atoms with Crippen LogP contribution >= 0.6 is 11.6 Å². The van der Waals surface area contributed by atoms with Gasteiger partial charge in [0.25, 0.3) is 0 Å². The van der Waals surface area contributed by atoms with Crippen molar-refractivity contribution in [1.82, 2.24) is 14.8 Å². The van der Waals surface area contributed by atoms with Crippen LogP contribution in [0.5, 0.6) is 5.75 Å². The van der Waals surface area contributed by atoms with Gasteiger partial charge in [0.15, 0.2) is 5.82 Å². The van der Waals surface area contributed by atoms with Crippen molar-refractivity contribution >= 4 is 23.4 Å². The highest BCUT2D eigenvalue weighted by molar-refractivity contribution is 6.18. The van der Waals surface area contributed by atoms with Gasteiger partial charge in [0, 0.05) is 11.3 Å². The number of carbonyl (C=O) groups excluding carboxylic acids is 1. The third kappa shape index (κ3) is 6.13. The zero-order chi connectivity index (χ0) is 25.1. The summed E-state index contributed by atoms with van der Waals surface area (Å²) in [4.78, 5) is 16.1. The molecular formula is C21H18ClF5N4O3. The lowest BCUT2D eigenvalue weighted by molar-refractivity contribution is -0.360. The molecule has 182 valence electrons. The number of ether oxygens (including phenoxy) is 2. The average molecular weight is 505 g/mol. The fourth-order valence-electron chi connectivity index (χ4n) is 2.52. The number of halogens is 6. The van der Waals surface area contributed by atoms with E-state index in [0.29, 0.717) is 22.8 Å². The Labute approximate surface area is 195 Å². The molecule has 1 heterocycles. The summed E-state index contributed by atoms with van der Waals surface area (Å²) in [7, 11) is 0. The van der Waals surface area contributed by atoms with Crippen LogP contribution in [-0.2, 0) is 4.74 Å². The summed E-state index contributed by atoms with van der Waals surface area (Å²) in [6, 6.07) is 10.9. The topological polar surface area (TPSA) is 78.3 Å². The molecule has 0 fully saturated rings. The highest BCUT2D eigenvalue weighted by Gasteiger charge is 2.61.